The van der Waals surface area contributed by atoms with Crippen molar-refractivity contribution in [3.8, 4) is 0 Å². The van der Waals surface area contributed by atoms with Crippen molar-refractivity contribution in [1.29, 1.82) is 0 Å². The number of aryl methyl sites for hydroxylation is 1. The quantitative estimate of drug-likeness (QED) is 0.779. The van der Waals surface area contributed by atoms with Gasteiger partial charge in [-0.05, 0) is 22.4 Å². The van der Waals surface area contributed by atoms with Gasteiger partial charge in [0.1, 0.15) is 0 Å². The van der Waals surface area contributed by atoms with Crippen molar-refractivity contribution in [2.45, 2.75) is 13.1 Å². The molecule has 0 spiro atoms. The number of nitrogens with one attached hydrogen (secondary N) is 1. The number of rotatable bonds is 4. The van der Waals surface area contributed by atoms with Crippen LogP contribution in [0.3, 0.4) is 0 Å². The van der Waals surface area contributed by atoms with Crippen molar-refractivity contribution >= 4 is 21.4 Å². The summed E-state index contributed by atoms with van der Waals surface area (Å²) in [5.41, 5.74) is 2.59. The Morgan fingerprint density at radius 3 is 3.00 bits per heavy atom. The average Bonchev–Trinajstić information content (AvgIpc) is 2.97. The van der Waals surface area contributed by atoms with Gasteiger partial charge in [0.2, 0.25) is 0 Å². The third kappa shape index (κ3) is 2.30. The smallest absolute Gasteiger partial charge is 0.0534 e. The largest absolute Gasteiger partial charge is 0.308 e. The van der Waals surface area contributed by atoms with Crippen LogP contribution < -0.4 is 5.32 Å². The summed E-state index contributed by atoms with van der Waals surface area (Å²) in [6, 6.07) is 8.54. The first-order valence-electron chi connectivity index (χ1n) is 5.96. The van der Waals surface area contributed by atoms with Crippen LogP contribution in [-0.2, 0) is 20.1 Å². The molecule has 3 rings (SSSR count). The summed E-state index contributed by atoms with van der Waals surface area (Å²) in [6.45, 7) is 1.76. The Morgan fingerprint density at radius 1 is 1.28 bits per heavy atom. The zero-order chi connectivity index (χ0) is 12.4. The van der Waals surface area contributed by atoms with Gasteiger partial charge >= 0.3 is 0 Å². The Labute approximate surface area is 110 Å². The number of thiophene rings is 1. The molecule has 0 fully saturated rings. The highest BCUT2D eigenvalue weighted by molar-refractivity contribution is 7.17. The molecule has 92 valence electrons. The summed E-state index contributed by atoms with van der Waals surface area (Å²) < 4.78 is 3.19. The summed E-state index contributed by atoms with van der Waals surface area (Å²) in [4.78, 5) is 0. The lowest BCUT2D eigenvalue weighted by atomic mass is 10.2. The van der Waals surface area contributed by atoms with E-state index >= 15 is 0 Å². The summed E-state index contributed by atoms with van der Waals surface area (Å²) in [5.74, 6) is 0. The lowest BCUT2D eigenvalue weighted by molar-refractivity contribution is 0.696. The number of aromatic nitrogens is 2. The van der Waals surface area contributed by atoms with Crippen molar-refractivity contribution in [2.24, 2.45) is 7.05 Å². The fraction of sp³-hybridized carbons (Fsp3) is 0.214. The van der Waals surface area contributed by atoms with Crippen molar-refractivity contribution in [3.63, 3.8) is 0 Å². The molecule has 18 heavy (non-hydrogen) atoms. The lowest BCUT2D eigenvalue weighted by Gasteiger charge is -2.02. The average molecular weight is 257 g/mol. The maximum Gasteiger partial charge on any atom is 0.0534 e. The normalized spacial score (nSPS) is 11.2. The molecule has 3 aromatic rings. The molecule has 0 saturated heterocycles. The molecule has 0 amide bonds. The first kappa shape index (κ1) is 11.4. The Bertz CT molecular complexity index is 654. The van der Waals surface area contributed by atoms with Crippen LogP contribution in [0.15, 0.2) is 42.0 Å². The Kier molecular flexibility index (Phi) is 3.13. The van der Waals surface area contributed by atoms with Crippen LogP contribution in [0.1, 0.15) is 11.1 Å². The van der Waals surface area contributed by atoms with Gasteiger partial charge in [0.05, 0.1) is 6.20 Å². The molecule has 0 saturated carbocycles. The first-order valence-corrected chi connectivity index (χ1v) is 6.84. The van der Waals surface area contributed by atoms with E-state index in [-0.39, 0.29) is 0 Å². The van der Waals surface area contributed by atoms with Gasteiger partial charge in [-0.1, -0.05) is 18.2 Å². The van der Waals surface area contributed by atoms with E-state index in [2.05, 4.69) is 40.1 Å². The molecule has 0 aliphatic rings. The predicted molar refractivity (Wildman–Crippen MR) is 75.6 cm³/mol. The van der Waals surface area contributed by atoms with Gasteiger partial charge < -0.3 is 5.32 Å². The minimum atomic E-state index is 0.859. The molecular weight excluding hydrogens is 242 g/mol. The highest BCUT2D eigenvalue weighted by Gasteiger charge is 2.03. The van der Waals surface area contributed by atoms with E-state index in [4.69, 9.17) is 0 Å². The van der Waals surface area contributed by atoms with Gasteiger partial charge in [-0.25, -0.2) is 0 Å². The minimum Gasteiger partial charge on any atom is -0.308 e. The van der Waals surface area contributed by atoms with Crippen LogP contribution in [0, 0.1) is 0 Å². The van der Waals surface area contributed by atoms with Gasteiger partial charge in [0.25, 0.3) is 0 Å². The summed E-state index contributed by atoms with van der Waals surface area (Å²) in [5, 5.41) is 11.2. The Morgan fingerprint density at radius 2 is 2.17 bits per heavy atom. The van der Waals surface area contributed by atoms with Gasteiger partial charge in [-0.2, -0.15) is 5.10 Å². The zero-order valence-corrected chi connectivity index (χ0v) is 11.1. The van der Waals surface area contributed by atoms with Crippen molar-refractivity contribution in [3.05, 3.63) is 53.2 Å². The van der Waals surface area contributed by atoms with Gasteiger partial charge in [0.15, 0.2) is 0 Å². The van der Waals surface area contributed by atoms with Crippen molar-refractivity contribution in [2.75, 3.05) is 0 Å². The minimum absolute atomic E-state index is 0.859. The van der Waals surface area contributed by atoms with Crippen LogP contribution in [-0.4, -0.2) is 9.78 Å². The van der Waals surface area contributed by atoms with E-state index in [0.29, 0.717) is 0 Å². The van der Waals surface area contributed by atoms with Gasteiger partial charge in [-0.15, -0.1) is 11.3 Å². The molecule has 1 aromatic carbocycles. The number of nitrogens with zero attached hydrogens (tertiary/aromatic N) is 2. The standard InChI is InChI=1S/C14H15N3S/c1-17-9-11(7-16-17)6-15-8-12-10-18-14-5-3-2-4-13(12)14/h2-5,7,9-10,15H,6,8H2,1H3. The van der Waals surface area contributed by atoms with Gasteiger partial charge in [-0.3, -0.25) is 4.68 Å². The van der Waals surface area contributed by atoms with Crippen LogP contribution >= 0.6 is 11.3 Å². The second-order valence-corrected chi connectivity index (χ2v) is 5.29. The third-order valence-corrected chi connectivity index (χ3v) is 3.98. The number of fused-ring (bicyclic) bond motifs is 1. The molecule has 2 heterocycles. The van der Waals surface area contributed by atoms with Crippen LogP contribution in [0.4, 0.5) is 0 Å². The second kappa shape index (κ2) is 4.92. The topological polar surface area (TPSA) is 29.9 Å². The van der Waals surface area contributed by atoms with Gasteiger partial charge in [0, 0.05) is 36.6 Å². The van der Waals surface area contributed by atoms with Crippen molar-refractivity contribution in [1.82, 2.24) is 15.1 Å². The molecule has 4 heteroatoms. The number of hydrogen-bond donors (Lipinski definition) is 1. The Balaban J connectivity index is 1.66. The number of benzene rings is 1. The molecule has 0 aliphatic carbocycles. The highest BCUT2D eigenvalue weighted by Crippen LogP contribution is 2.25. The van der Waals surface area contributed by atoms with Crippen LogP contribution in [0.5, 0.6) is 0 Å². The second-order valence-electron chi connectivity index (χ2n) is 4.38. The summed E-state index contributed by atoms with van der Waals surface area (Å²) in [7, 11) is 1.94. The SMILES string of the molecule is Cn1cc(CNCc2csc3ccccc23)cn1. The molecule has 0 atom stereocenters. The lowest BCUT2D eigenvalue weighted by Crippen LogP contribution is -2.11. The molecule has 0 radical (unpaired) electrons. The van der Waals surface area contributed by atoms with Crippen LogP contribution in [0.25, 0.3) is 10.1 Å². The third-order valence-electron chi connectivity index (χ3n) is 2.96. The Hall–Kier alpha value is -1.65. The molecular formula is C14H15N3S. The monoisotopic (exact) mass is 257 g/mol. The van der Waals surface area contributed by atoms with E-state index in [1.165, 1.54) is 21.2 Å². The fourth-order valence-corrected chi connectivity index (χ4v) is 3.04. The summed E-state index contributed by atoms with van der Waals surface area (Å²) >= 11 is 1.81. The number of hydrogen-bond acceptors (Lipinski definition) is 3. The zero-order valence-electron chi connectivity index (χ0n) is 10.3. The maximum atomic E-state index is 4.16. The first-order chi connectivity index (χ1) is 8.83. The molecule has 2 aromatic heterocycles. The molecule has 0 bridgehead atoms. The van der Waals surface area contributed by atoms with E-state index in [0.717, 1.165) is 13.1 Å². The van der Waals surface area contributed by atoms with Crippen LogP contribution in [0.2, 0.25) is 0 Å². The maximum absolute atomic E-state index is 4.16. The van der Waals surface area contributed by atoms with E-state index < -0.39 is 0 Å². The molecule has 0 unspecified atom stereocenters. The van der Waals surface area contributed by atoms with E-state index in [1.807, 2.05) is 35.5 Å². The fourth-order valence-electron chi connectivity index (χ4n) is 2.07. The van der Waals surface area contributed by atoms with E-state index in [1.54, 1.807) is 0 Å². The molecule has 0 aliphatic heterocycles. The van der Waals surface area contributed by atoms with E-state index in [9.17, 15) is 0 Å². The molecule has 1 N–H and O–H groups in total. The van der Waals surface area contributed by atoms with Crippen molar-refractivity contribution < 1.29 is 0 Å². The molecule has 3 nitrogen and oxygen atoms in total. The highest BCUT2D eigenvalue weighted by atomic mass is 32.1. The predicted octanol–water partition coefficient (Wildman–Crippen LogP) is 2.92. The summed E-state index contributed by atoms with van der Waals surface area (Å²) in [6.07, 6.45) is 3.94.